The fraction of sp³-hybridized carbons (Fsp3) is 0.450. The summed E-state index contributed by atoms with van der Waals surface area (Å²) in [6.07, 6.45) is 8.14. The summed E-state index contributed by atoms with van der Waals surface area (Å²) in [5.41, 5.74) is 1.72. The fourth-order valence-electron chi connectivity index (χ4n) is 2.89. The number of carbonyl (C=O) groups excluding carboxylic acids is 2. The van der Waals surface area contributed by atoms with Crippen LogP contribution in [0.15, 0.2) is 41.7 Å². The highest BCUT2D eigenvalue weighted by Gasteiger charge is 2.07. The van der Waals surface area contributed by atoms with Crippen molar-refractivity contribution in [3.8, 4) is 0 Å². The molecule has 0 aliphatic carbocycles. The molecule has 164 valence electrons. The standard InChI is InChI=1S/C20H29N5O4S/c21-30(28,29)18-8-6-16(7-9-18)10-12-24-19(26)5-3-1-2-4-11-23-20(27)13-17-14-22-15-25-17/h6-9,14-15H,1-5,10-13H2,(H,22,25)(H,23,27)(H,24,26)(H2,21,28,29). The molecule has 0 atom stereocenters. The first-order valence-electron chi connectivity index (χ1n) is 9.97. The number of aromatic nitrogens is 2. The maximum atomic E-state index is 11.9. The summed E-state index contributed by atoms with van der Waals surface area (Å²) < 4.78 is 22.4. The monoisotopic (exact) mass is 435 g/mol. The van der Waals surface area contributed by atoms with E-state index in [9.17, 15) is 18.0 Å². The number of primary sulfonamides is 1. The Labute approximate surface area is 176 Å². The van der Waals surface area contributed by atoms with Crippen molar-refractivity contribution in [2.75, 3.05) is 13.1 Å². The van der Waals surface area contributed by atoms with Crippen LogP contribution in [0.5, 0.6) is 0 Å². The molecular formula is C20H29N5O4S. The van der Waals surface area contributed by atoms with E-state index in [2.05, 4.69) is 20.6 Å². The molecule has 5 N–H and O–H groups in total. The average molecular weight is 436 g/mol. The molecular weight excluding hydrogens is 406 g/mol. The normalized spacial score (nSPS) is 11.2. The number of hydrogen-bond donors (Lipinski definition) is 4. The first kappa shape index (κ1) is 23.6. The van der Waals surface area contributed by atoms with Crippen molar-refractivity contribution in [2.24, 2.45) is 5.14 Å². The second-order valence-corrected chi connectivity index (χ2v) is 8.62. The van der Waals surface area contributed by atoms with Crippen molar-refractivity contribution in [3.63, 3.8) is 0 Å². The van der Waals surface area contributed by atoms with Gasteiger partial charge in [-0.2, -0.15) is 0 Å². The Morgan fingerprint density at radius 1 is 0.967 bits per heavy atom. The third kappa shape index (κ3) is 9.19. The van der Waals surface area contributed by atoms with E-state index >= 15 is 0 Å². The van der Waals surface area contributed by atoms with E-state index in [0.29, 0.717) is 32.4 Å². The fourth-order valence-corrected chi connectivity index (χ4v) is 3.40. The zero-order valence-electron chi connectivity index (χ0n) is 16.9. The van der Waals surface area contributed by atoms with Gasteiger partial charge in [0, 0.05) is 31.4 Å². The molecule has 2 amide bonds. The maximum absolute atomic E-state index is 11.9. The molecule has 30 heavy (non-hydrogen) atoms. The Kier molecular flexibility index (Phi) is 9.49. The van der Waals surface area contributed by atoms with Crippen LogP contribution >= 0.6 is 0 Å². The molecule has 0 bridgehead atoms. The van der Waals surface area contributed by atoms with Gasteiger partial charge in [0.15, 0.2) is 0 Å². The first-order valence-corrected chi connectivity index (χ1v) is 11.5. The number of sulfonamides is 1. The molecule has 0 aliphatic heterocycles. The van der Waals surface area contributed by atoms with Gasteiger partial charge in [0.2, 0.25) is 21.8 Å². The number of nitrogens with one attached hydrogen (secondary N) is 3. The maximum Gasteiger partial charge on any atom is 0.238 e. The summed E-state index contributed by atoms with van der Waals surface area (Å²) >= 11 is 0. The Hall–Kier alpha value is -2.72. The molecule has 0 saturated heterocycles. The van der Waals surface area contributed by atoms with Crippen molar-refractivity contribution >= 4 is 21.8 Å². The molecule has 10 heteroatoms. The van der Waals surface area contributed by atoms with Crippen LogP contribution in [-0.4, -0.2) is 43.3 Å². The van der Waals surface area contributed by atoms with Gasteiger partial charge >= 0.3 is 0 Å². The highest BCUT2D eigenvalue weighted by atomic mass is 32.2. The van der Waals surface area contributed by atoms with Crippen LogP contribution in [0, 0.1) is 0 Å². The van der Waals surface area contributed by atoms with Gasteiger partial charge in [-0.1, -0.05) is 25.0 Å². The van der Waals surface area contributed by atoms with E-state index in [0.717, 1.165) is 36.9 Å². The molecule has 0 fully saturated rings. The van der Waals surface area contributed by atoms with Crippen LogP contribution in [0.1, 0.15) is 43.4 Å². The summed E-state index contributed by atoms with van der Waals surface area (Å²) in [4.78, 5) is 30.4. The number of rotatable bonds is 13. The zero-order chi connectivity index (χ0) is 21.8. The molecule has 0 spiro atoms. The first-order chi connectivity index (χ1) is 14.3. The SMILES string of the molecule is NS(=O)(=O)c1ccc(CCNC(=O)CCCCCCNC(=O)Cc2cnc[nH]2)cc1. The molecule has 2 rings (SSSR count). The second-order valence-electron chi connectivity index (χ2n) is 7.06. The average Bonchev–Trinajstić information content (AvgIpc) is 3.20. The number of hydrogen-bond acceptors (Lipinski definition) is 5. The number of aromatic amines is 1. The van der Waals surface area contributed by atoms with E-state index in [1.165, 1.54) is 12.1 Å². The van der Waals surface area contributed by atoms with Gasteiger partial charge in [0.05, 0.1) is 17.6 Å². The van der Waals surface area contributed by atoms with Crippen LogP contribution in [0.2, 0.25) is 0 Å². The Morgan fingerprint density at radius 2 is 1.67 bits per heavy atom. The van der Waals surface area contributed by atoms with Crippen molar-refractivity contribution in [1.29, 1.82) is 0 Å². The lowest BCUT2D eigenvalue weighted by Crippen LogP contribution is -2.26. The number of H-pyrrole nitrogens is 1. The van der Waals surface area contributed by atoms with Gasteiger partial charge in [0.1, 0.15) is 0 Å². The summed E-state index contributed by atoms with van der Waals surface area (Å²) in [5.74, 6) is -0.0260. The number of imidazole rings is 1. The van der Waals surface area contributed by atoms with Gasteiger partial charge in [-0.3, -0.25) is 9.59 Å². The summed E-state index contributed by atoms with van der Waals surface area (Å²) in [6, 6.07) is 6.32. The molecule has 0 saturated carbocycles. The summed E-state index contributed by atoms with van der Waals surface area (Å²) in [5, 5.41) is 10.8. The van der Waals surface area contributed by atoms with E-state index in [-0.39, 0.29) is 16.7 Å². The van der Waals surface area contributed by atoms with Crippen LogP contribution in [0.4, 0.5) is 0 Å². The van der Waals surface area contributed by atoms with Crippen LogP contribution in [0.25, 0.3) is 0 Å². The number of unbranched alkanes of at least 4 members (excludes halogenated alkanes) is 3. The number of nitrogens with zero attached hydrogens (tertiary/aromatic N) is 1. The molecule has 0 unspecified atom stereocenters. The van der Waals surface area contributed by atoms with E-state index in [1.807, 2.05) is 0 Å². The molecule has 1 aromatic carbocycles. The zero-order valence-corrected chi connectivity index (χ0v) is 17.7. The van der Waals surface area contributed by atoms with Gasteiger partial charge in [-0.25, -0.2) is 18.5 Å². The quantitative estimate of drug-likeness (QED) is 0.347. The highest BCUT2D eigenvalue weighted by Crippen LogP contribution is 2.09. The topological polar surface area (TPSA) is 147 Å². The van der Waals surface area contributed by atoms with E-state index < -0.39 is 10.0 Å². The van der Waals surface area contributed by atoms with Gasteiger partial charge in [-0.05, 0) is 37.0 Å². The van der Waals surface area contributed by atoms with Crippen LogP contribution in [0.3, 0.4) is 0 Å². The van der Waals surface area contributed by atoms with Crippen LogP contribution in [-0.2, 0) is 32.5 Å². The summed E-state index contributed by atoms with van der Waals surface area (Å²) in [7, 11) is -3.68. The van der Waals surface area contributed by atoms with Crippen molar-refractivity contribution in [3.05, 3.63) is 48.0 Å². The third-order valence-electron chi connectivity index (χ3n) is 4.55. The number of benzene rings is 1. The lowest BCUT2D eigenvalue weighted by molar-refractivity contribution is -0.121. The van der Waals surface area contributed by atoms with Crippen molar-refractivity contribution in [1.82, 2.24) is 20.6 Å². The molecule has 9 nitrogen and oxygen atoms in total. The molecule has 0 radical (unpaired) electrons. The minimum absolute atomic E-state index is 0.00372. The predicted molar refractivity (Wildman–Crippen MR) is 113 cm³/mol. The minimum atomic E-state index is -3.68. The molecule has 1 aromatic heterocycles. The highest BCUT2D eigenvalue weighted by molar-refractivity contribution is 7.89. The summed E-state index contributed by atoms with van der Waals surface area (Å²) in [6.45, 7) is 1.12. The van der Waals surface area contributed by atoms with E-state index in [4.69, 9.17) is 5.14 Å². The number of carbonyl (C=O) groups is 2. The van der Waals surface area contributed by atoms with Gasteiger partial charge < -0.3 is 15.6 Å². The van der Waals surface area contributed by atoms with E-state index in [1.54, 1.807) is 24.7 Å². The van der Waals surface area contributed by atoms with Crippen molar-refractivity contribution in [2.45, 2.75) is 49.8 Å². The van der Waals surface area contributed by atoms with Crippen molar-refractivity contribution < 1.29 is 18.0 Å². The lowest BCUT2D eigenvalue weighted by atomic mass is 10.1. The predicted octanol–water partition coefficient (Wildman–Crippen LogP) is 1.03. The number of nitrogens with two attached hydrogens (primary N) is 1. The number of amides is 2. The third-order valence-corrected chi connectivity index (χ3v) is 5.48. The minimum Gasteiger partial charge on any atom is -0.356 e. The van der Waals surface area contributed by atoms with Gasteiger partial charge in [-0.15, -0.1) is 0 Å². The van der Waals surface area contributed by atoms with Crippen LogP contribution < -0.4 is 15.8 Å². The second kappa shape index (κ2) is 12.1. The Bertz CT molecular complexity index is 896. The Balaban J connectivity index is 1.47. The smallest absolute Gasteiger partial charge is 0.238 e. The largest absolute Gasteiger partial charge is 0.356 e. The van der Waals surface area contributed by atoms with Gasteiger partial charge in [0.25, 0.3) is 0 Å². The lowest BCUT2D eigenvalue weighted by Gasteiger charge is -2.07. The molecule has 0 aliphatic rings. The molecule has 1 heterocycles. The Morgan fingerprint density at radius 3 is 2.33 bits per heavy atom. The molecule has 2 aromatic rings.